The molecule has 0 N–H and O–H groups in total. The topological polar surface area (TPSA) is 70.5 Å². The van der Waals surface area contributed by atoms with Gasteiger partial charge < -0.3 is 14.2 Å². The van der Waals surface area contributed by atoms with Gasteiger partial charge in [-0.3, -0.25) is 0 Å². The molecule has 0 bridgehead atoms. The minimum Gasteiger partial charge on any atom is -0.481 e. The summed E-state index contributed by atoms with van der Waals surface area (Å²) in [4.78, 5) is 19.6. The van der Waals surface area contributed by atoms with Gasteiger partial charge in [-0.25, -0.2) is 4.79 Å². The van der Waals surface area contributed by atoms with Gasteiger partial charge in [0.1, 0.15) is 11.8 Å². The molecule has 0 aliphatic carbocycles. The molecule has 1 aromatic carbocycles. The maximum Gasteiger partial charge on any atom is 0.338 e. The van der Waals surface area contributed by atoms with E-state index in [1.165, 1.54) is 20.3 Å². The number of methoxy groups -OCH3 is 2. The number of benzene rings is 1. The van der Waals surface area contributed by atoms with E-state index in [2.05, 4.69) is 9.97 Å². The number of hydrogen-bond donors (Lipinski definition) is 0. The van der Waals surface area contributed by atoms with Crippen LogP contribution in [0.5, 0.6) is 11.9 Å². The van der Waals surface area contributed by atoms with Crippen molar-refractivity contribution in [3.8, 4) is 11.9 Å². The summed E-state index contributed by atoms with van der Waals surface area (Å²) in [7, 11) is 2.79. The van der Waals surface area contributed by atoms with Crippen LogP contribution in [0.2, 0.25) is 5.15 Å². The van der Waals surface area contributed by atoms with E-state index >= 15 is 0 Å². The molecule has 0 radical (unpaired) electrons. The Labute approximate surface area is 126 Å². The van der Waals surface area contributed by atoms with E-state index in [-0.39, 0.29) is 17.8 Å². The number of aromatic nitrogens is 2. The summed E-state index contributed by atoms with van der Waals surface area (Å²) < 4.78 is 15.2. The summed E-state index contributed by atoms with van der Waals surface area (Å²) in [5, 5.41) is 0.207. The van der Waals surface area contributed by atoms with Crippen molar-refractivity contribution >= 4 is 17.6 Å². The predicted molar refractivity (Wildman–Crippen MR) is 75.7 cm³/mol. The first-order valence-corrected chi connectivity index (χ1v) is 6.39. The van der Waals surface area contributed by atoms with Gasteiger partial charge in [-0.1, -0.05) is 29.8 Å². The van der Waals surface area contributed by atoms with Gasteiger partial charge in [0.2, 0.25) is 5.88 Å². The lowest BCUT2D eigenvalue weighted by atomic mass is 10.1. The van der Waals surface area contributed by atoms with Crippen LogP contribution in [0.3, 0.4) is 0 Å². The molecule has 0 aliphatic rings. The Bertz CT molecular complexity index is 649. The maximum atomic E-state index is 11.7. The lowest BCUT2D eigenvalue weighted by molar-refractivity contribution is 0.0597. The first-order chi connectivity index (χ1) is 10.1. The fourth-order valence-electron chi connectivity index (χ4n) is 1.64. The van der Waals surface area contributed by atoms with Gasteiger partial charge in [0.05, 0.1) is 19.8 Å². The Kier molecular flexibility index (Phi) is 4.94. The van der Waals surface area contributed by atoms with E-state index in [1.54, 1.807) is 24.3 Å². The number of hydrogen-bond acceptors (Lipinski definition) is 6. The molecule has 7 heteroatoms. The Morgan fingerprint density at radius 2 is 2.00 bits per heavy atom. The minimum atomic E-state index is -0.432. The van der Waals surface area contributed by atoms with Crippen molar-refractivity contribution in [3.63, 3.8) is 0 Å². The zero-order chi connectivity index (χ0) is 15.2. The van der Waals surface area contributed by atoms with Gasteiger partial charge >= 0.3 is 12.0 Å². The average molecular weight is 309 g/mol. The van der Waals surface area contributed by atoms with Crippen LogP contribution >= 0.6 is 11.6 Å². The number of esters is 1. The van der Waals surface area contributed by atoms with Crippen molar-refractivity contribution < 1.29 is 19.0 Å². The fraction of sp³-hybridized carbons (Fsp3) is 0.214. The van der Waals surface area contributed by atoms with E-state index in [0.29, 0.717) is 17.0 Å². The molecular weight excluding hydrogens is 296 g/mol. The summed E-state index contributed by atoms with van der Waals surface area (Å²) in [5.74, 6) is -0.134. The largest absolute Gasteiger partial charge is 0.481 e. The van der Waals surface area contributed by atoms with Crippen LogP contribution in [-0.2, 0) is 11.3 Å². The molecule has 0 spiro atoms. The zero-order valence-electron chi connectivity index (χ0n) is 11.5. The van der Waals surface area contributed by atoms with Crippen molar-refractivity contribution in [3.05, 3.63) is 46.6 Å². The lowest BCUT2D eigenvalue weighted by Gasteiger charge is -2.09. The van der Waals surface area contributed by atoms with E-state index in [1.807, 2.05) is 0 Å². The van der Waals surface area contributed by atoms with Crippen molar-refractivity contribution in [2.45, 2.75) is 6.61 Å². The summed E-state index contributed by atoms with van der Waals surface area (Å²) >= 11 is 5.83. The molecule has 0 fully saturated rings. The molecule has 0 saturated carbocycles. The second-order valence-corrected chi connectivity index (χ2v) is 4.34. The second kappa shape index (κ2) is 6.90. The number of halogens is 1. The van der Waals surface area contributed by atoms with Gasteiger partial charge in [0.25, 0.3) is 0 Å². The third-order valence-corrected chi connectivity index (χ3v) is 2.83. The van der Waals surface area contributed by atoms with Crippen LogP contribution in [0, 0.1) is 0 Å². The van der Waals surface area contributed by atoms with Crippen molar-refractivity contribution in [2.24, 2.45) is 0 Å². The van der Waals surface area contributed by atoms with E-state index in [4.69, 9.17) is 25.8 Å². The molecule has 2 aromatic rings. The first kappa shape index (κ1) is 15.1. The van der Waals surface area contributed by atoms with Gasteiger partial charge in [-0.2, -0.15) is 9.97 Å². The summed E-state index contributed by atoms with van der Waals surface area (Å²) in [6.45, 7) is 0.106. The Morgan fingerprint density at radius 1 is 1.24 bits per heavy atom. The smallest absolute Gasteiger partial charge is 0.338 e. The molecule has 0 atom stereocenters. The van der Waals surface area contributed by atoms with Gasteiger partial charge in [0, 0.05) is 11.6 Å². The molecule has 6 nitrogen and oxygen atoms in total. The minimum absolute atomic E-state index is 0.0685. The Balaban J connectivity index is 2.17. The highest BCUT2D eigenvalue weighted by Crippen LogP contribution is 2.19. The third-order valence-electron chi connectivity index (χ3n) is 2.64. The fourth-order valence-corrected chi connectivity index (χ4v) is 1.81. The monoisotopic (exact) mass is 308 g/mol. The molecular formula is C14H13ClN2O4. The molecule has 1 heterocycles. The van der Waals surface area contributed by atoms with Crippen LogP contribution in [0.4, 0.5) is 0 Å². The molecule has 0 amide bonds. The van der Waals surface area contributed by atoms with Crippen molar-refractivity contribution in [1.82, 2.24) is 9.97 Å². The predicted octanol–water partition coefficient (Wildman–Crippen LogP) is 2.50. The van der Waals surface area contributed by atoms with Crippen LogP contribution in [-0.4, -0.2) is 30.2 Å². The highest BCUT2D eigenvalue weighted by Gasteiger charge is 2.12. The van der Waals surface area contributed by atoms with Crippen molar-refractivity contribution in [2.75, 3.05) is 14.2 Å². The van der Waals surface area contributed by atoms with Gasteiger partial charge in [0.15, 0.2) is 0 Å². The molecule has 0 aliphatic heterocycles. The number of nitrogens with zero attached hydrogens (tertiary/aromatic N) is 2. The van der Waals surface area contributed by atoms with Crippen LogP contribution in [0.25, 0.3) is 0 Å². The molecule has 0 saturated heterocycles. The standard InChI is InChI=1S/C14H13ClN2O4/c1-19-12-7-11(15)16-14(17-12)21-8-9-5-3-4-6-10(9)13(18)20-2/h3-7H,8H2,1-2H3. The molecule has 110 valence electrons. The molecule has 1 aromatic heterocycles. The van der Waals surface area contributed by atoms with Gasteiger partial charge in [-0.05, 0) is 6.07 Å². The third kappa shape index (κ3) is 3.82. The second-order valence-electron chi connectivity index (χ2n) is 3.95. The summed E-state index contributed by atoms with van der Waals surface area (Å²) in [6, 6.07) is 8.49. The number of carbonyl (C=O) groups excluding carboxylic acids is 1. The lowest BCUT2D eigenvalue weighted by Crippen LogP contribution is -2.08. The summed E-state index contributed by atoms with van der Waals surface area (Å²) in [6.07, 6.45) is 0. The SMILES string of the molecule is COC(=O)c1ccccc1COc1nc(Cl)cc(OC)n1. The summed E-state index contributed by atoms with van der Waals surface area (Å²) in [5.41, 5.74) is 1.08. The van der Waals surface area contributed by atoms with Crippen LogP contribution in [0.1, 0.15) is 15.9 Å². The van der Waals surface area contributed by atoms with Crippen molar-refractivity contribution in [1.29, 1.82) is 0 Å². The Morgan fingerprint density at radius 3 is 2.71 bits per heavy atom. The first-order valence-electron chi connectivity index (χ1n) is 6.01. The molecule has 0 unspecified atom stereocenters. The quantitative estimate of drug-likeness (QED) is 0.624. The molecule has 2 rings (SSSR count). The van der Waals surface area contributed by atoms with E-state index in [9.17, 15) is 4.79 Å². The van der Waals surface area contributed by atoms with E-state index in [0.717, 1.165) is 0 Å². The highest BCUT2D eigenvalue weighted by molar-refractivity contribution is 6.29. The number of rotatable bonds is 5. The van der Waals surface area contributed by atoms with Crippen LogP contribution < -0.4 is 9.47 Å². The van der Waals surface area contributed by atoms with E-state index < -0.39 is 5.97 Å². The maximum absolute atomic E-state index is 11.7. The van der Waals surface area contributed by atoms with Crippen LogP contribution in [0.15, 0.2) is 30.3 Å². The Hall–Kier alpha value is -2.34. The number of ether oxygens (including phenoxy) is 3. The average Bonchev–Trinajstić information content (AvgIpc) is 2.51. The highest BCUT2D eigenvalue weighted by atomic mass is 35.5. The number of carbonyl (C=O) groups is 1. The normalized spacial score (nSPS) is 10.0. The van der Waals surface area contributed by atoms with Gasteiger partial charge in [-0.15, -0.1) is 0 Å². The molecule has 21 heavy (non-hydrogen) atoms. The zero-order valence-corrected chi connectivity index (χ0v) is 12.3.